The molecule has 0 bridgehead atoms. The zero-order valence-corrected chi connectivity index (χ0v) is 8.43. The Balaban J connectivity index is 2.54. The third kappa shape index (κ3) is 4.12. The molecular formula is C10H8F2O2S. The summed E-state index contributed by atoms with van der Waals surface area (Å²) >= 11 is 1.11. The molecule has 80 valence electrons. The molecule has 1 rings (SSSR count). The van der Waals surface area contributed by atoms with E-state index in [0.717, 1.165) is 30.0 Å². The largest absolute Gasteiger partial charge is 0.478 e. The number of rotatable bonds is 4. The first-order valence-corrected chi connectivity index (χ1v) is 5.05. The van der Waals surface area contributed by atoms with E-state index in [4.69, 9.17) is 5.11 Å². The van der Waals surface area contributed by atoms with Gasteiger partial charge in [-0.15, -0.1) is 11.8 Å². The van der Waals surface area contributed by atoms with Crippen LogP contribution in [-0.2, 0) is 4.79 Å². The van der Waals surface area contributed by atoms with Gasteiger partial charge in [0.1, 0.15) is 11.6 Å². The lowest BCUT2D eigenvalue weighted by Crippen LogP contribution is -1.87. The maximum Gasteiger partial charge on any atom is 0.328 e. The van der Waals surface area contributed by atoms with Crippen molar-refractivity contribution in [3.8, 4) is 0 Å². The molecule has 0 saturated heterocycles. The van der Waals surface area contributed by atoms with Crippen molar-refractivity contribution in [2.24, 2.45) is 0 Å². The topological polar surface area (TPSA) is 37.3 Å². The number of halogens is 2. The van der Waals surface area contributed by atoms with E-state index in [9.17, 15) is 13.6 Å². The van der Waals surface area contributed by atoms with Gasteiger partial charge in [-0.1, -0.05) is 6.08 Å². The summed E-state index contributed by atoms with van der Waals surface area (Å²) in [6.07, 6.45) is 2.38. The molecule has 15 heavy (non-hydrogen) atoms. The minimum atomic E-state index is -1.05. The van der Waals surface area contributed by atoms with Gasteiger partial charge in [-0.05, 0) is 12.1 Å². The van der Waals surface area contributed by atoms with Gasteiger partial charge in [0.05, 0.1) is 0 Å². The van der Waals surface area contributed by atoms with Crippen LogP contribution in [0.1, 0.15) is 0 Å². The third-order valence-corrected chi connectivity index (χ3v) is 2.49. The van der Waals surface area contributed by atoms with Gasteiger partial charge in [0, 0.05) is 22.8 Å². The number of carboxylic acids is 1. The van der Waals surface area contributed by atoms with E-state index in [1.807, 2.05) is 0 Å². The molecule has 5 heteroatoms. The first-order valence-electron chi connectivity index (χ1n) is 4.07. The molecule has 0 aliphatic rings. The maximum atomic E-state index is 13.0. The molecule has 0 aliphatic heterocycles. The Kier molecular flexibility index (Phi) is 4.30. The van der Waals surface area contributed by atoms with Crippen molar-refractivity contribution >= 4 is 17.7 Å². The van der Waals surface area contributed by atoms with E-state index in [-0.39, 0.29) is 0 Å². The highest BCUT2D eigenvalue weighted by Gasteiger charge is 2.02. The van der Waals surface area contributed by atoms with Crippen LogP contribution in [0.25, 0.3) is 0 Å². The van der Waals surface area contributed by atoms with Crippen molar-refractivity contribution in [3.63, 3.8) is 0 Å². The van der Waals surface area contributed by atoms with Crippen LogP contribution in [0.5, 0.6) is 0 Å². The van der Waals surface area contributed by atoms with Crippen LogP contribution >= 0.6 is 11.8 Å². The summed E-state index contributed by atoms with van der Waals surface area (Å²) in [4.78, 5) is 10.4. The summed E-state index contributed by atoms with van der Waals surface area (Å²) in [6.45, 7) is 0. The highest BCUT2D eigenvalue weighted by Crippen LogP contribution is 2.22. The van der Waals surface area contributed by atoms with Gasteiger partial charge in [-0.3, -0.25) is 0 Å². The van der Waals surface area contributed by atoms with Gasteiger partial charge in [0.2, 0.25) is 0 Å². The molecule has 1 N–H and O–H groups in total. The summed E-state index contributed by atoms with van der Waals surface area (Å²) in [6, 6.07) is 3.28. The quantitative estimate of drug-likeness (QED) is 0.638. The molecule has 0 atom stereocenters. The smallest absolute Gasteiger partial charge is 0.328 e. The molecule has 0 heterocycles. The molecule has 0 amide bonds. The van der Waals surface area contributed by atoms with E-state index in [2.05, 4.69) is 0 Å². The number of hydrogen-bond donors (Lipinski definition) is 1. The standard InChI is InChI=1S/C10H8F2O2S/c11-7-3-4-9(8(12)6-7)15-5-1-2-10(13)14/h1-4,6H,5H2,(H,13,14). The van der Waals surface area contributed by atoms with Crippen molar-refractivity contribution < 1.29 is 18.7 Å². The van der Waals surface area contributed by atoms with E-state index >= 15 is 0 Å². The van der Waals surface area contributed by atoms with Crippen molar-refractivity contribution in [2.45, 2.75) is 4.90 Å². The molecule has 0 aliphatic carbocycles. The number of thioether (sulfide) groups is 1. The normalized spacial score (nSPS) is 10.8. The van der Waals surface area contributed by atoms with Crippen LogP contribution < -0.4 is 0 Å². The minimum absolute atomic E-state index is 0.298. The van der Waals surface area contributed by atoms with Gasteiger partial charge in [0.15, 0.2) is 0 Å². The summed E-state index contributed by atoms with van der Waals surface area (Å²) in [5, 5.41) is 8.28. The fraction of sp³-hybridized carbons (Fsp3) is 0.100. The number of aliphatic carboxylic acids is 1. The Bertz CT molecular complexity index is 391. The lowest BCUT2D eigenvalue weighted by molar-refractivity contribution is -0.131. The van der Waals surface area contributed by atoms with Gasteiger partial charge in [-0.25, -0.2) is 13.6 Å². The van der Waals surface area contributed by atoms with Crippen LogP contribution in [-0.4, -0.2) is 16.8 Å². The van der Waals surface area contributed by atoms with E-state index in [0.29, 0.717) is 10.6 Å². The molecular weight excluding hydrogens is 222 g/mol. The van der Waals surface area contributed by atoms with E-state index in [1.165, 1.54) is 12.1 Å². The number of hydrogen-bond acceptors (Lipinski definition) is 2. The van der Waals surface area contributed by atoms with E-state index < -0.39 is 17.6 Å². The Morgan fingerprint density at radius 2 is 2.20 bits per heavy atom. The highest BCUT2D eigenvalue weighted by molar-refractivity contribution is 7.99. The summed E-state index contributed by atoms with van der Waals surface area (Å²) in [5.74, 6) is -1.98. The van der Waals surface area contributed by atoms with Gasteiger partial charge in [-0.2, -0.15) is 0 Å². The number of benzene rings is 1. The van der Waals surface area contributed by atoms with Crippen molar-refractivity contribution in [1.82, 2.24) is 0 Å². The Labute approximate surface area is 89.6 Å². The minimum Gasteiger partial charge on any atom is -0.478 e. The predicted octanol–water partition coefficient (Wildman–Crippen LogP) is 2.70. The monoisotopic (exact) mass is 230 g/mol. The van der Waals surface area contributed by atoms with Gasteiger partial charge >= 0.3 is 5.97 Å². The molecule has 2 nitrogen and oxygen atoms in total. The van der Waals surface area contributed by atoms with Gasteiger partial charge in [0.25, 0.3) is 0 Å². The van der Waals surface area contributed by atoms with E-state index in [1.54, 1.807) is 0 Å². The number of carbonyl (C=O) groups is 1. The summed E-state index contributed by atoms with van der Waals surface area (Å²) < 4.78 is 25.5. The predicted molar refractivity (Wildman–Crippen MR) is 53.9 cm³/mol. The second-order valence-electron chi connectivity index (χ2n) is 2.63. The van der Waals surface area contributed by atoms with Crippen LogP contribution in [0.4, 0.5) is 8.78 Å². The Hall–Kier alpha value is -1.36. The van der Waals surface area contributed by atoms with Crippen LogP contribution in [0.2, 0.25) is 0 Å². The Morgan fingerprint density at radius 3 is 2.80 bits per heavy atom. The maximum absolute atomic E-state index is 13.0. The van der Waals surface area contributed by atoms with Gasteiger partial charge < -0.3 is 5.11 Å². The van der Waals surface area contributed by atoms with Crippen molar-refractivity contribution in [2.75, 3.05) is 5.75 Å². The second kappa shape index (κ2) is 5.50. The number of carboxylic acid groups (broad SMARTS) is 1. The second-order valence-corrected chi connectivity index (χ2v) is 3.69. The molecule has 1 aromatic rings. The molecule has 0 unspecified atom stereocenters. The lowest BCUT2D eigenvalue weighted by Gasteiger charge is -1.99. The highest BCUT2D eigenvalue weighted by atomic mass is 32.2. The molecule has 0 saturated carbocycles. The molecule has 0 fully saturated rings. The molecule has 0 spiro atoms. The Morgan fingerprint density at radius 1 is 1.47 bits per heavy atom. The third-order valence-electron chi connectivity index (χ3n) is 1.49. The first-order chi connectivity index (χ1) is 7.09. The molecule has 1 aromatic carbocycles. The zero-order valence-electron chi connectivity index (χ0n) is 7.61. The fourth-order valence-corrected chi connectivity index (χ4v) is 1.61. The average molecular weight is 230 g/mol. The van der Waals surface area contributed by atoms with Crippen LogP contribution in [0.3, 0.4) is 0 Å². The van der Waals surface area contributed by atoms with Crippen LogP contribution in [0, 0.1) is 11.6 Å². The lowest BCUT2D eigenvalue weighted by atomic mass is 10.3. The fourth-order valence-electron chi connectivity index (χ4n) is 0.879. The molecule has 0 aromatic heterocycles. The summed E-state index contributed by atoms with van der Waals surface area (Å²) in [5.41, 5.74) is 0. The van der Waals surface area contributed by atoms with Crippen molar-refractivity contribution in [1.29, 1.82) is 0 Å². The summed E-state index contributed by atoms with van der Waals surface area (Å²) in [7, 11) is 0. The molecule has 0 radical (unpaired) electrons. The average Bonchev–Trinajstić information content (AvgIpc) is 2.14. The SMILES string of the molecule is O=C(O)C=CCSc1ccc(F)cc1F. The first kappa shape index (κ1) is 11.7. The van der Waals surface area contributed by atoms with Crippen LogP contribution in [0.15, 0.2) is 35.2 Å². The zero-order chi connectivity index (χ0) is 11.3. The van der Waals surface area contributed by atoms with Crippen molar-refractivity contribution in [3.05, 3.63) is 42.0 Å².